The lowest BCUT2D eigenvalue weighted by Crippen LogP contribution is -2.29. The third-order valence-corrected chi connectivity index (χ3v) is 5.72. The second-order valence-corrected chi connectivity index (χ2v) is 8.17. The van der Waals surface area contributed by atoms with Gasteiger partial charge in [-0.15, -0.1) is 0 Å². The number of benzene rings is 2. The number of amides is 1. The molecule has 6 nitrogen and oxygen atoms in total. The van der Waals surface area contributed by atoms with Crippen molar-refractivity contribution in [2.75, 3.05) is 6.61 Å². The van der Waals surface area contributed by atoms with Gasteiger partial charge in [-0.05, 0) is 66.4 Å². The summed E-state index contributed by atoms with van der Waals surface area (Å²) in [6.45, 7) is 4.51. The molecule has 1 atom stereocenters. The number of rotatable bonds is 7. The third-order valence-electron chi connectivity index (χ3n) is 5.72. The average molecular weight is 461 g/mol. The quantitative estimate of drug-likeness (QED) is 0.307. The van der Waals surface area contributed by atoms with Crippen molar-refractivity contribution >= 4 is 17.4 Å². The van der Waals surface area contributed by atoms with Gasteiger partial charge in [0.1, 0.15) is 17.3 Å². The maximum Gasteiger partial charge on any atom is 0.295 e. The van der Waals surface area contributed by atoms with Crippen LogP contribution in [0.1, 0.15) is 41.6 Å². The van der Waals surface area contributed by atoms with E-state index in [4.69, 9.17) is 4.74 Å². The summed E-state index contributed by atoms with van der Waals surface area (Å²) < 4.78 is 19.1. The molecule has 0 spiro atoms. The molecule has 1 saturated heterocycles. The number of aromatic nitrogens is 1. The number of hydrogen-bond donors (Lipinski definition) is 1. The minimum absolute atomic E-state index is 0.0123. The van der Waals surface area contributed by atoms with Gasteiger partial charge in [0.15, 0.2) is 0 Å². The van der Waals surface area contributed by atoms with E-state index in [-0.39, 0.29) is 17.9 Å². The molecule has 1 amide bonds. The van der Waals surface area contributed by atoms with E-state index in [9.17, 15) is 19.1 Å². The van der Waals surface area contributed by atoms with Gasteiger partial charge in [-0.2, -0.15) is 0 Å². The van der Waals surface area contributed by atoms with E-state index >= 15 is 0 Å². The zero-order valence-electron chi connectivity index (χ0n) is 19.0. The first-order valence-corrected chi connectivity index (χ1v) is 11.1. The second-order valence-electron chi connectivity index (χ2n) is 8.17. The largest absolute Gasteiger partial charge is 0.507 e. The fraction of sp³-hybridized carbons (Fsp3) is 0.222. The van der Waals surface area contributed by atoms with Crippen LogP contribution in [0.4, 0.5) is 4.39 Å². The highest BCUT2D eigenvalue weighted by molar-refractivity contribution is 6.46. The zero-order chi connectivity index (χ0) is 24.2. The van der Waals surface area contributed by atoms with E-state index in [1.54, 1.807) is 54.9 Å². The van der Waals surface area contributed by atoms with Crippen LogP contribution in [0.2, 0.25) is 0 Å². The van der Waals surface area contributed by atoms with Crippen LogP contribution in [-0.2, 0) is 16.1 Å². The lowest BCUT2D eigenvalue weighted by atomic mass is 9.95. The first kappa shape index (κ1) is 23.2. The highest BCUT2D eigenvalue weighted by Crippen LogP contribution is 2.40. The third kappa shape index (κ3) is 4.55. The Bertz CT molecular complexity index is 1240. The highest BCUT2D eigenvalue weighted by Gasteiger charge is 2.46. The molecule has 0 radical (unpaired) electrons. The number of likely N-dealkylation sites (tertiary alicyclic amines) is 1. The van der Waals surface area contributed by atoms with E-state index in [0.29, 0.717) is 29.0 Å². The summed E-state index contributed by atoms with van der Waals surface area (Å²) in [6.07, 6.45) is 4.02. The molecule has 1 N–H and O–H groups in total. The normalized spacial score (nSPS) is 17.3. The SMILES string of the molecule is CCCOc1ccc(/C(O)=C2/C(=O)C(=O)N(Cc3ccc(F)cc3)C2c2cccnc2)cc1C. The van der Waals surface area contributed by atoms with Crippen LogP contribution in [0.15, 0.2) is 72.6 Å². The summed E-state index contributed by atoms with van der Waals surface area (Å²) in [5.41, 5.74) is 2.45. The molecule has 0 saturated carbocycles. The Balaban J connectivity index is 1.79. The lowest BCUT2D eigenvalue weighted by molar-refractivity contribution is -0.140. The van der Waals surface area contributed by atoms with E-state index in [1.165, 1.54) is 17.0 Å². The van der Waals surface area contributed by atoms with Crippen molar-refractivity contribution in [2.45, 2.75) is 32.9 Å². The number of halogens is 1. The van der Waals surface area contributed by atoms with E-state index in [0.717, 1.165) is 12.0 Å². The maximum atomic E-state index is 13.4. The van der Waals surface area contributed by atoms with Crippen molar-refractivity contribution < 1.29 is 23.8 Å². The Hall–Kier alpha value is -4.00. The standard InChI is InChI=1S/C27H25FN2O4/c1-3-13-34-22-11-8-19(14-17(22)2)25(31)23-24(20-5-4-12-29-15-20)30(27(33)26(23)32)16-18-6-9-21(28)10-7-18/h4-12,14-15,24,31H,3,13,16H2,1-2H3/b25-23-. The molecule has 174 valence electrons. The van der Waals surface area contributed by atoms with Crippen molar-refractivity contribution in [1.82, 2.24) is 9.88 Å². The minimum Gasteiger partial charge on any atom is -0.507 e. The molecule has 3 aromatic rings. The van der Waals surface area contributed by atoms with Gasteiger partial charge in [0, 0.05) is 24.5 Å². The molecular weight excluding hydrogens is 435 g/mol. The van der Waals surface area contributed by atoms with Crippen LogP contribution in [0.3, 0.4) is 0 Å². The molecule has 1 unspecified atom stereocenters. The predicted octanol–water partition coefficient (Wildman–Crippen LogP) is 4.94. The van der Waals surface area contributed by atoms with Gasteiger partial charge in [0.05, 0.1) is 18.2 Å². The van der Waals surface area contributed by atoms with Crippen LogP contribution in [0, 0.1) is 12.7 Å². The monoisotopic (exact) mass is 460 g/mol. The second kappa shape index (κ2) is 9.87. The summed E-state index contributed by atoms with van der Waals surface area (Å²) in [5, 5.41) is 11.2. The van der Waals surface area contributed by atoms with Crippen molar-refractivity contribution in [3.8, 4) is 5.75 Å². The van der Waals surface area contributed by atoms with Crippen molar-refractivity contribution in [1.29, 1.82) is 0 Å². The molecular formula is C27H25FN2O4. The summed E-state index contributed by atoms with van der Waals surface area (Å²) in [6, 6.07) is 13.5. The topological polar surface area (TPSA) is 79.7 Å². The molecule has 7 heteroatoms. The van der Waals surface area contributed by atoms with Gasteiger partial charge in [0.25, 0.3) is 11.7 Å². The zero-order valence-corrected chi connectivity index (χ0v) is 19.0. The number of aryl methyl sites for hydroxylation is 1. The first-order chi connectivity index (χ1) is 16.4. The number of hydrogen-bond acceptors (Lipinski definition) is 5. The van der Waals surface area contributed by atoms with Crippen LogP contribution in [-0.4, -0.2) is 33.3 Å². The molecule has 1 aliphatic heterocycles. The summed E-state index contributed by atoms with van der Waals surface area (Å²) in [4.78, 5) is 31.7. The van der Waals surface area contributed by atoms with Gasteiger partial charge in [-0.3, -0.25) is 14.6 Å². The predicted molar refractivity (Wildman–Crippen MR) is 125 cm³/mol. The molecule has 0 aliphatic carbocycles. The van der Waals surface area contributed by atoms with Crippen LogP contribution >= 0.6 is 0 Å². The molecule has 2 aromatic carbocycles. The number of pyridine rings is 1. The number of aliphatic hydroxyl groups is 1. The van der Waals surface area contributed by atoms with Gasteiger partial charge < -0.3 is 14.7 Å². The first-order valence-electron chi connectivity index (χ1n) is 11.1. The Morgan fingerprint density at radius 1 is 1.15 bits per heavy atom. The highest BCUT2D eigenvalue weighted by atomic mass is 19.1. The van der Waals surface area contributed by atoms with E-state index < -0.39 is 23.5 Å². The van der Waals surface area contributed by atoms with Gasteiger partial charge in [0.2, 0.25) is 0 Å². The summed E-state index contributed by atoms with van der Waals surface area (Å²) in [5.74, 6) is -1.48. The fourth-order valence-corrected chi connectivity index (χ4v) is 4.04. The number of aliphatic hydroxyl groups excluding tert-OH is 1. The van der Waals surface area contributed by atoms with Crippen LogP contribution in [0.5, 0.6) is 5.75 Å². The molecule has 1 aliphatic rings. The number of nitrogens with zero attached hydrogens (tertiary/aromatic N) is 2. The summed E-state index contributed by atoms with van der Waals surface area (Å²) in [7, 11) is 0. The number of carbonyl (C=O) groups is 2. The van der Waals surface area contributed by atoms with E-state index in [2.05, 4.69) is 4.98 Å². The van der Waals surface area contributed by atoms with Gasteiger partial charge >= 0.3 is 0 Å². The summed E-state index contributed by atoms with van der Waals surface area (Å²) >= 11 is 0. The van der Waals surface area contributed by atoms with Crippen molar-refractivity contribution in [2.24, 2.45) is 0 Å². The fourth-order valence-electron chi connectivity index (χ4n) is 4.04. The van der Waals surface area contributed by atoms with Crippen LogP contribution in [0.25, 0.3) is 5.76 Å². The Morgan fingerprint density at radius 2 is 1.91 bits per heavy atom. The number of carbonyl (C=O) groups excluding carboxylic acids is 2. The van der Waals surface area contributed by atoms with Crippen LogP contribution < -0.4 is 4.74 Å². The molecule has 4 rings (SSSR count). The van der Waals surface area contributed by atoms with Crippen molar-refractivity contribution in [3.63, 3.8) is 0 Å². The number of Topliss-reactive ketones (excluding diaryl/α,β-unsaturated/α-hetero) is 1. The Kier molecular flexibility index (Phi) is 6.72. The Morgan fingerprint density at radius 3 is 2.56 bits per heavy atom. The van der Waals surface area contributed by atoms with E-state index in [1.807, 2.05) is 13.8 Å². The van der Waals surface area contributed by atoms with Gasteiger partial charge in [-0.1, -0.05) is 25.1 Å². The molecule has 1 aromatic heterocycles. The lowest BCUT2D eigenvalue weighted by Gasteiger charge is -2.25. The molecule has 34 heavy (non-hydrogen) atoms. The number of ketones is 1. The Labute approximate surface area is 197 Å². The molecule has 0 bridgehead atoms. The van der Waals surface area contributed by atoms with Crippen molar-refractivity contribution in [3.05, 3.63) is 101 Å². The van der Waals surface area contributed by atoms with Gasteiger partial charge in [-0.25, -0.2) is 4.39 Å². The maximum absolute atomic E-state index is 13.4. The number of ether oxygens (including phenoxy) is 1. The molecule has 1 fully saturated rings. The average Bonchev–Trinajstić information content (AvgIpc) is 3.09. The minimum atomic E-state index is -0.838. The molecule has 2 heterocycles. The smallest absolute Gasteiger partial charge is 0.295 e.